The maximum atomic E-state index is 12.7. The first-order chi connectivity index (χ1) is 13.7. The van der Waals surface area contributed by atoms with E-state index in [0.717, 1.165) is 34.7 Å². The van der Waals surface area contributed by atoms with Crippen LogP contribution >= 0.6 is 11.3 Å². The molecule has 1 aromatic carbocycles. The molecule has 3 heterocycles. The van der Waals surface area contributed by atoms with E-state index in [1.54, 1.807) is 18.4 Å². The second kappa shape index (κ2) is 6.53. The van der Waals surface area contributed by atoms with Crippen molar-refractivity contribution in [1.29, 1.82) is 0 Å². The number of hydrogen-bond acceptors (Lipinski definition) is 6. The van der Waals surface area contributed by atoms with Gasteiger partial charge in [0.2, 0.25) is 0 Å². The van der Waals surface area contributed by atoms with E-state index in [1.165, 1.54) is 4.88 Å². The van der Waals surface area contributed by atoms with Crippen LogP contribution in [0.15, 0.2) is 41.8 Å². The summed E-state index contributed by atoms with van der Waals surface area (Å²) in [6.07, 6.45) is 1.20. The zero-order valence-electron chi connectivity index (χ0n) is 15.5. The molecular weight excluding hydrogens is 372 g/mol. The number of fused-ring (bicyclic) bond motifs is 3. The fourth-order valence-corrected chi connectivity index (χ4v) is 4.73. The number of benzene rings is 1. The average molecular weight is 390 g/mol. The molecule has 0 saturated heterocycles. The van der Waals surface area contributed by atoms with Crippen LogP contribution in [0.25, 0.3) is 16.8 Å². The van der Waals surface area contributed by atoms with Gasteiger partial charge in [0.05, 0.1) is 24.1 Å². The van der Waals surface area contributed by atoms with Crippen molar-refractivity contribution in [1.82, 2.24) is 19.8 Å². The third-order valence-electron chi connectivity index (χ3n) is 5.27. The molecule has 28 heavy (non-hydrogen) atoms. The minimum Gasteiger partial charge on any atom is -0.497 e. The third kappa shape index (κ3) is 2.62. The molecule has 0 spiro atoms. The van der Waals surface area contributed by atoms with Gasteiger partial charge in [-0.15, -0.1) is 21.5 Å². The maximum Gasteiger partial charge on any atom is 0.185 e. The second-order valence-electron chi connectivity index (χ2n) is 6.96. The highest BCUT2D eigenvalue weighted by molar-refractivity contribution is 7.10. The maximum absolute atomic E-state index is 12.7. The number of aromatic nitrogens is 4. The number of hydrogen-bond donors (Lipinski definition) is 0. The van der Waals surface area contributed by atoms with E-state index in [4.69, 9.17) is 9.84 Å². The Balaban J connectivity index is 1.66. The van der Waals surface area contributed by atoms with Gasteiger partial charge in [-0.3, -0.25) is 4.79 Å². The predicted molar refractivity (Wildman–Crippen MR) is 107 cm³/mol. The van der Waals surface area contributed by atoms with Crippen LogP contribution in [-0.4, -0.2) is 32.7 Å². The number of ether oxygens (including phenoxy) is 1. The lowest BCUT2D eigenvalue weighted by atomic mass is 9.87. The molecule has 6 nitrogen and oxygen atoms in total. The fourth-order valence-electron chi connectivity index (χ4n) is 3.90. The number of methoxy groups -OCH3 is 1. The summed E-state index contributed by atoms with van der Waals surface area (Å²) >= 11 is 1.69. The molecule has 0 amide bonds. The van der Waals surface area contributed by atoms with Gasteiger partial charge in [-0.05, 0) is 36.1 Å². The van der Waals surface area contributed by atoms with Gasteiger partial charge in [0.25, 0.3) is 0 Å². The first kappa shape index (κ1) is 17.1. The zero-order valence-corrected chi connectivity index (χ0v) is 16.4. The molecule has 0 saturated carbocycles. The van der Waals surface area contributed by atoms with Crippen LogP contribution in [0.2, 0.25) is 0 Å². The molecule has 7 heteroatoms. The Labute approximate surface area is 165 Å². The number of rotatable bonds is 3. The number of nitrogens with zero attached hydrogens (tertiary/aromatic N) is 4. The highest BCUT2D eigenvalue weighted by atomic mass is 32.1. The number of carbonyl (C=O) groups excluding carboxylic acids is 1. The number of thiophene rings is 1. The summed E-state index contributed by atoms with van der Waals surface area (Å²) in [4.78, 5) is 13.9. The van der Waals surface area contributed by atoms with Crippen molar-refractivity contribution < 1.29 is 9.53 Å². The number of aryl methyl sites for hydroxylation is 1. The molecule has 1 aliphatic rings. The summed E-state index contributed by atoms with van der Waals surface area (Å²) in [7, 11) is 1.65. The largest absolute Gasteiger partial charge is 0.497 e. The van der Waals surface area contributed by atoms with Gasteiger partial charge < -0.3 is 4.74 Å². The first-order valence-corrected chi connectivity index (χ1v) is 9.99. The summed E-state index contributed by atoms with van der Waals surface area (Å²) in [5.41, 5.74) is 4.77. The van der Waals surface area contributed by atoms with Gasteiger partial charge in [-0.1, -0.05) is 18.2 Å². The molecule has 1 atom stereocenters. The topological polar surface area (TPSA) is 69.4 Å². The standard InChI is InChI=1S/C21H18N4O2S/c1-12-19(13-5-7-15(27-2)8-6-13)21-23-22-20-16(25(21)24-12)10-14(11-17(20)26)18-4-3-9-28-18/h3-9,14H,10-11H2,1-2H3/t14-/m1/s1. The summed E-state index contributed by atoms with van der Waals surface area (Å²) in [6, 6.07) is 11.9. The predicted octanol–water partition coefficient (Wildman–Crippen LogP) is 4.08. The molecule has 0 fully saturated rings. The normalized spacial score (nSPS) is 16.4. The van der Waals surface area contributed by atoms with Gasteiger partial charge in [0.1, 0.15) is 5.75 Å². The molecular formula is C21H18N4O2S. The second-order valence-corrected chi connectivity index (χ2v) is 7.94. The highest BCUT2D eigenvalue weighted by Crippen LogP contribution is 2.36. The van der Waals surface area contributed by atoms with Crippen LogP contribution in [0.3, 0.4) is 0 Å². The van der Waals surface area contributed by atoms with Crippen LogP contribution in [0.5, 0.6) is 5.75 Å². The van der Waals surface area contributed by atoms with Crippen molar-refractivity contribution in [3.05, 3.63) is 63.7 Å². The molecule has 0 aliphatic heterocycles. The minimum absolute atomic E-state index is 0.0354. The minimum atomic E-state index is 0.0354. The molecule has 140 valence electrons. The van der Waals surface area contributed by atoms with Crippen molar-refractivity contribution in [3.8, 4) is 16.9 Å². The van der Waals surface area contributed by atoms with Gasteiger partial charge in [0, 0.05) is 23.6 Å². The van der Waals surface area contributed by atoms with Crippen molar-refractivity contribution in [2.75, 3.05) is 7.11 Å². The molecule has 0 unspecified atom stereocenters. The lowest BCUT2D eigenvalue weighted by Crippen LogP contribution is -2.23. The lowest BCUT2D eigenvalue weighted by molar-refractivity contribution is 0.0956. The van der Waals surface area contributed by atoms with Crippen LogP contribution < -0.4 is 4.74 Å². The summed E-state index contributed by atoms with van der Waals surface area (Å²) in [6.45, 7) is 1.96. The average Bonchev–Trinajstić information content (AvgIpc) is 3.35. The molecule has 0 radical (unpaired) electrons. The Morgan fingerprint density at radius 2 is 1.96 bits per heavy atom. The first-order valence-electron chi connectivity index (χ1n) is 9.11. The van der Waals surface area contributed by atoms with E-state index in [0.29, 0.717) is 17.8 Å². The molecule has 5 rings (SSSR count). The number of ketones is 1. The Bertz CT molecular complexity index is 1180. The van der Waals surface area contributed by atoms with E-state index in [9.17, 15) is 4.79 Å². The Morgan fingerprint density at radius 3 is 2.68 bits per heavy atom. The SMILES string of the molecule is COc1ccc(-c2c(C)nn3c4c(nnc23)C(=O)C[C@H](c2cccs2)C4)cc1. The lowest BCUT2D eigenvalue weighted by Gasteiger charge is -2.21. The van der Waals surface area contributed by atoms with Crippen LogP contribution in [0.1, 0.15) is 39.1 Å². The van der Waals surface area contributed by atoms with E-state index in [-0.39, 0.29) is 11.7 Å². The Kier molecular flexibility index (Phi) is 3.98. The smallest absolute Gasteiger partial charge is 0.185 e. The Hall–Kier alpha value is -3.06. The quantitative estimate of drug-likeness (QED) is 0.527. The van der Waals surface area contributed by atoms with E-state index < -0.39 is 0 Å². The highest BCUT2D eigenvalue weighted by Gasteiger charge is 2.31. The van der Waals surface area contributed by atoms with Crippen LogP contribution in [0.4, 0.5) is 0 Å². The van der Waals surface area contributed by atoms with Gasteiger partial charge in [-0.25, -0.2) is 4.52 Å². The zero-order chi connectivity index (χ0) is 19.3. The third-order valence-corrected chi connectivity index (χ3v) is 6.30. The summed E-state index contributed by atoms with van der Waals surface area (Å²) in [5.74, 6) is 1.00. The molecule has 1 aliphatic carbocycles. The van der Waals surface area contributed by atoms with Crippen molar-refractivity contribution >= 4 is 22.8 Å². The molecule has 0 bridgehead atoms. The monoisotopic (exact) mass is 390 g/mol. The summed E-state index contributed by atoms with van der Waals surface area (Å²) < 4.78 is 7.07. The van der Waals surface area contributed by atoms with Crippen molar-refractivity contribution in [2.24, 2.45) is 0 Å². The fraction of sp³-hybridized carbons (Fsp3) is 0.238. The van der Waals surface area contributed by atoms with Crippen molar-refractivity contribution in [3.63, 3.8) is 0 Å². The van der Waals surface area contributed by atoms with E-state index >= 15 is 0 Å². The van der Waals surface area contributed by atoms with E-state index in [1.807, 2.05) is 41.8 Å². The van der Waals surface area contributed by atoms with E-state index in [2.05, 4.69) is 21.6 Å². The van der Waals surface area contributed by atoms with Gasteiger partial charge in [-0.2, -0.15) is 5.10 Å². The molecule has 3 aromatic heterocycles. The molecule has 0 N–H and O–H groups in total. The van der Waals surface area contributed by atoms with Gasteiger partial charge in [0.15, 0.2) is 17.1 Å². The Morgan fingerprint density at radius 1 is 1.14 bits per heavy atom. The van der Waals surface area contributed by atoms with Crippen LogP contribution in [0, 0.1) is 6.92 Å². The van der Waals surface area contributed by atoms with Crippen LogP contribution in [-0.2, 0) is 6.42 Å². The van der Waals surface area contributed by atoms with Gasteiger partial charge >= 0.3 is 0 Å². The van der Waals surface area contributed by atoms with Crippen molar-refractivity contribution in [2.45, 2.75) is 25.7 Å². The number of carbonyl (C=O) groups is 1. The number of Topliss-reactive ketones (excluding diaryl/α,β-unsaturated/α-hetero) is 1. The summed E-state index contributed by atoms with van der Waals surface area (Å²) in [5, 5.41) is 15.4. The molecule has 4 aromatic rings.